The summed E-state index contributed by atoms with van der Waals surface area (Å²) in [6.45, 7) is 26.9. The van der Waals surface area contributed by atoms with E-state index in [1.165, 1.54) is 12.8 Å². The number of aliphatic hydroxyl groups is 4. The van der Waals surface area contributed by atoms with Crippen LogP contribution in [0.15, 0.2) is 173 Å². The Labute approximate surface area is 684 Å². The van der Waals surface area contributed by atoms with Crippen LogP contribution < -0.4 is 0 Å². The van der Waals surface area contributed by atoms with Crippen molar-refractivity contribution in [3.8, 4) is 90.1 Å². The predicted molar refractivity (Wildman–Crippen MR) is 450 cm³/mol. The molecular weight excluding hydrogens is 1490 g/mol. The third-order valence-electron chi connectivity index (χ3n) is 23.0. The fraction of sp³-hybridized carbons (Fsp3) is 0.442. The van der Waals surface area contributed by atoms with Crippen LogP contribution in [0.25, 0.3) is 112 Å². The molecule has 4 atom stereocenters. The molecule has 16 aromatic rings. The smallest absolute Gasteiger partial charge is 0.0999 e. The van der Waals surface area contributed by atoms with Crippen molar-refractivity contribution in [3.05, 3.63) is 173 Å². The summed E-state index contributed by atoms with van der Waals surface area (Å²) in [6, 6.07) is 9.38. The highest BCUT2D eigenvalue weighted by Gasteiger charge is 2.43. The Morgan fingerprint density at radius 2 is 0.720 bits per heavy atom. The minimum atomic E-state index is -0.490. The number of aliphatic hydroxyl groups excluding tert-OH is 4. The maximum Gasteiger partial charge on any atom is 0.0999 e. The summed E-state index contributed by atoms with van der Waals surface area (Å²) in [5, 5.41) is 92.4. The molecule has 0 amide bonds. The van der Waals surface area contributed by atoms with E-state index >= 15 is 0 Å². The molecule has 0 radical (unpaired) electrons. The van der Waals surface area contributed by atoms with E-state index in [9.17, 15) is 20.4 Å². The van der Waals surface area contributed by atoms with Gasteiger partial charge in [-0.1, -0.05) is 62.3 Å². The average molecular weight is 1600 g/mol. The summed E-state index contributed by atoms with van der Waals surface area (Å²) in [5.41, 5.74) is 17.7. The number of nitrogens with zero attached hydrogens (tertiary/aromatic N) is 28. The second kappa shape index (κ2) is 35.1. The Morgan fingerprint density at radius 3 is 1.08 bits per heavy atom. The van der Waals surface area contributed by atoms with Gasteiger partial charge < -0.3 is 20.4 Å². The minimum absolute atomic E-state index is 0.0114. The van der Waals surface area contributed by atoms with Gasteiger partial charge in [0.25, 0.3) is 0 Å². The fourth-order valence-corrected chi connectivity index (χ4v) is 15.3. The second-order valence-electron chi connectivity index (χ2n) is 32.4. The van der Waals surface area contributed by atoms with Gasteiger partial charge in [-0.05, 0) is 122 Å². The third-order valence-corrected chi connectivity index (χ3v) is 23.0. The molecule has 32 heteroatoms. The van der Waals surface area contributed by atoms with Gasteiger partial charge in [-0.15, -0.1) is 0 Å². The molecule has 4 N–H and O–H groups in total. The van der Waals surface area contributed by atoms with Crippen LogP contribution in [0.4, 0.5) is 0 Å². The lowest BCUT2D eigenvalue weighted by Crippen LogP contribution is -2.23. The predicted octanol–water partition coefficient (Wildman–Crippen LogP) is 14.4. The lowest BCUT2D eigenvalue weighted by Gasteiger charge is -2.20. The van der Waals surface area contributed by atoms with Crippen molar-refractivity contribution in [2.75, 3.05) is 13.2 Å². The Kier molecular flexibility index (Phi) is 24.1. The van der Waals surface area contributed by atoms with Crippen molar-refractivity contribution in [3.63, 3.8) is 0 Å². The maximum absolute atomic E-state index is 9.85. The highest BCUT2D eigenvalue weighted by Crippen LogP contribution is 2.47. The zero-order valence-corrected chi connectivity index (χ0v) is 69.4. The molecule has 1 unspecified atom stereocenters. The number of hydrogen-bond acceptors (Lipinski definition) is 20. The summed E-state index contributed by atoms with van der Waals surface area (Å²) < 4.78 is 22.9. The van der Waals surface area contributed by atoms with E-state index in [0.29, 0.717) is 37.3 Å². The maximum atomic E-state index is 9.85. The van der Waals surface area contributed by atoms with Gasteiger partial charge in [0.05, 0.1) is 222 Å². The van der Waals surface area contributed by atoms with Crippen molar-refractivity contribution >= 4 is 22.1 Å². The lowest BCUT2D eigenvalue weighted by molar-refractivity contribution is 0.132. The van der Waals surface area contributed by atoms with Crippen LogP contribution >= 0.6 is 0 Å². The van der Waals surface area contributed by atoms with Gasteiger partial charge in [-0.25, -0.2) is 38.0 Å². The van der Waals surface area contributed by atoms with Gasteiger partial charge in [-0.3, -0.25) is 37.5 Å². The van der Waals surface area contributed by atoms with E-state index in [0.717, 1.165) is 182 Å². The molecule has 0 saturated heterocycles. The Hall–Kier alpha value is -12.0. The number of aromatic nitrogens is 28. The Morgan fingerprint density at radius 1 is 0.390 bits per heavy atom. The minimum Gasteiger partial charge on any atom is -0.396 e. The van der Waals surface area contributed by atoms with Crippen molar-refractivity contribution in [2.45, 2.75) is 216 Å². The standard InChI is InChI=1S/C22H27N7O.C22H29N7O.C21H25N7O.C21H27N7O/c1-3-18(4-2)28-12-17(10-25-28)21-20-5-8-23-29(20)13-19(26-21)16-9-24-27(11-16)14-22(15-30)6-7-22;1-5-18(6-2)28-12-17(10-25-28)21-20-7-8-23-29(20)13-19(26-21)16-9-24-27(11-16)14-22(3,4)15-30;1-3-19(15-4-5-15)27-12-17(9-24-27)21-20-6-7-22-28(20)13-18(25-21)16-8-23-26(11-16)10-14(2)29;1-5-18(6-2)27-12-17(10-24-27)21-20-7-8-22-28(20)13-19(25-21)16-9-23-26(11-16)14(3)15(4)29/h5,8-13,18,30H,3-4,6-7,14-15H2,1-2H3;7-13,18,30H,5-6,14-15H2,1-4H3;6-9,11-15,19,29H,3-5,10H2,1-2H3;7-15,18,29H,5-6H2,1-4H3/t;;14-,19?;14-,15+/m..01/s1. The van der Waals surface area contributed by atoms with Crippen molar-refractivity contribution in [1.82, 2.24) is 137 Å². The van der Waals surface area contributed by atoms with Crippen LogP contribution in [0, 0.1) is 16.7 Å². The summed E-state index contributed by atoms with van der Waals surface area (Å²) >= 11 is 0. The largest absolute Gasteiger partial charge is 0.396 e. The van der Waals surface area contributed by atoms with Gasteiger partial charge in [0.2, 0.25) is 0 Å². The first-order chi connectivity index (χ1) is 57.2. The Bertz CT molecular complexity index is 5810. The SMILES string of the molecule is CCC(C1CC1)n1cc(-c2nc(-c3cnn(C[C@H](C)O)c3)cn3nccc23)cn1.CCC(CC)n1cc(-c2nc(-c3cnn(CC(C)(C)CO)c3)cn3nccc23)cn1.CCC(CC)n1cc(-c2nc(-c3cnn(CC4(CO)CC4)c3)cn3nccc23)cn1.CCC(CC)n1cc(-c2nc(-c3cnn([C@H](C)[C@H](C)O)c3)cn3nccc23)cn1. The molecule has 118 heavy (non-hydrogen) atoms. The van der Waals surface area contributed by atoms with Crippen molar-refractivity contribution in [1.29, 1.82) is 0 Å². The van der Waals surface area contributed by atoms with Gasteiger partial charge in [-0.2, -0.15) is 61.2 Å². The van der Waals surface area contributed by atoms with Crippen molar-refractivity contribution in [2.24, 2.45) is 16.7 Å². The van der Waals surface area contributed by atoms with E-state index in [-0.39, 0.29) is 30.1 Å². The first-order valence-electron chi connectivity index (χ1n) is 41.5. The molecule has 16 aromatic heterocycles. The second-order valence-corrected chi connectivity index (χ2v) is 32.4. The molecule has 16 heterocycles. The van der Waals surface area contributed by atoms with Gasteiger partial charge >= 0.3 is 0 Å². The average Bonchev–Trinajstić information content (AvgIpc) is 1.62. The molecule has 0 aliphatic heterocycles. The Balaban J connectivity index is 0.000000123. The van der Waals surface area contributed by atoms with Crippen LogP contribution in [0.1, 0.15) is 184 Å². The lowest BCUT2D eigenvalue weighted by atomic mass is 9.95. The van der Waals surface area contributed by atoms with Crippen LogP contribution in [0.2, 0.25) is 0 Å². The van der Waals surface area contributed by atoms with E-state index in [1.54, 1.807) is 60.4 Å². The van der Waals surface area contributed by atoms with E-state index in [1.807, 2.05) is 173 Å². The molecule has 0 spiro atoms. The topological polar surface area (TPSA) is 344 Å². The third kappa shape index (κ3) is 17.7. The molecule has 2 aliphatic rings. The van der Waals surface area contributed by atoms with Crippen LogP contribution in [-0.2, 0) is 19.6 Å². The molecule has 32 nitrogen and oxygen atoms in total. The normalized spacial score (nSPS) is 14.5. The van der Waals surface area contributed by atoms with E-state index < -0.39 is 12.2 Å². The molecule has 0 aromatic carbocycles. The number of rotatable bonds is 30. The molecule has 616 valence electrons. The molecule has 2 fully saturated rings. The first-order valence-corrected chi connectivity index (χ1v) is 41.5. The van der Waals surface area contributed by atoms with Crippen LogP contribution in [0.5, 0.6) is 0 Å². The molecular formula is C86H108N28O4. The van der Waals surface area contributed by atoms with Gasteiger partial charge in [0.15, 0.2) is 0 Å². The summed E-state index contributed by atoms with van der Waals surface area (Å²) in [5.74, 6) is 0.752. The highest BCUT2D eigenvalue weighted by atomic mass is 16.3. The number of hydrogen-bond donors (Lipinski definition) is 4. The van der Waals surface area contributed by atoms with Gasteiger partial charge in [0.1, 0.15) is 0 Å². The summed E-state index contributed by atoms with van der Waals surface area (Å²) in [6.07, 6.45) is 56.7. The van der Waals surface area contributed by atoms with Gasteiger partial charge in [0, 0.05) is 125 Å². The summed E-state index contributed by atoms with van der Waals surface area (Å²) in [4.78, 5) is 19.8. The molecule has 2 aliphatic carbocycles. The first kappa shape index (κ1) is 81.2. The monoisotopic (exact) mass is 1600 g/mol. The number of fused-ring (bicyclic) bond motifs is 4. The fourth-order valence-electron chi connectivity index (χ4n) is 15.3. The zero-order valence-electron chi connectivity index (χ0n) is 69.4. The highest BCUT2D eigenvalue weighted by molar-refractivity contribution is 5.81. The molecule has 2 saturated carbocycles. The molecule has 18 rings (SSSR count). The van der Waals surface area contributed by atoms with Crippen LogP contribution in [-0.4, -0.2) is 182 Å². The van der Waals surface area contributed by atoms with Crippen LogP contribution in [0.3, 0.4) is 0 Å². The quantitative estimate of drug-likeness (QED) is 0.0325. The molecule has 0 bridgehead atoms. The summed E-state index contributed by atoms with van der Waals surface area (Å²) in [7, 11) is 0. The van der Waals surface area contributed by atoms with Crippen molar-refractivity contribution < 1.29 is 20.4 Å². The van der Waals surface area contributed by atoms with E-state index in [4.69, 9.17) is 19.9 Å². The van der Waals surface area contributed by atoms with E-state index in [2.05, 4.69) is 139 Å². The zero-order chi connectivity index (χ0) is 82.5.